The van der Waals surface area contributed by atoms with Crippen LogP contribution < -0.4 is 0 Å². The molecule has 2 aromatic carbocycles. The standard InChI is InChI=1S/C22H26OS/c1-21(2,19(23)17-11-7-5-8-12-17)15-16-22(3,4)20(24)18-13-9-6-10-14-18/h5-14H,15-16H2,1-4H3. The van der Waals surface area contributed by atoms with Crippen molar-refractivity contribution in [2.45, 2.75) is 40.5 Å². The summed E-state index contributed by atoms with van der Waals surface area (Å²) in [6.07, 6.45) is 1.69. The SMILES string of the molecule is CC(C)(CCC(C)(C)C(=S)c1ccccc1)C(=O)c1ccccc1. The van der Waals surface area contributed by atoms with Crippen LogP contribution in [0.5, 0.6) is 0 Å². The molecule has 24 heavy (non-hydrogen) atoms. The van der Waals surface area contributed by atoms with Crippen LogP contribution in [0.3, 0.4) is 0 Å². The minimum atomic E-state index is -0.398. The Balaban J connectivity index is 2.07. The summed E-state index contributed by atoms with van der Waals surface area (Å²) in [4.78, 5) is 13.8. The van der Waals surface area contributed by atoms with Crippen LogP contribution in [-0.2, 0) is 0 Å². The number of hydrogen-bond acceptors (Lipinski definition) is 2. The van der Waals surface area contributed by atoms with Crippen molar-refractivity contribution >= 4 is 22.9 Å². The summed E-state index contributed by atoms with van der Waals surface area (Å²) in [6, 6.07) is 19.7. The molecule has 2 aromatic rings. The Hall–Kier alpha value is -1.80. The van der Waals surface area contributed by atoms with E-state index in [1.54, 1.807) is 0 Å². The number of carbonyl (C=O) groups excluding carboxylic acids is 1. The molecule has 126 valence electrons. The van der Waals surface area contributed by atoms with E-state index in [4.69, 9.17) is 12.2 Å². The fraction of sp³-hybridized carbons (Fsp3) is 0.364. The molecule has 0 bridgehead atoms. The average Bonchev–Trinajstić information content (AvgIpc) is 2.60. The second-order valence-corrected chi connectivity index (χ2v) is 8.07. The minimum absolute atomic E-state index is 0.120. The van der Waals surface area contributed by atoms with Gasteiger partial charge in [-0.1, -0.05) is 101 Å². The number of carbonyl (C=O) groups is 1. The average molecular weight is 339 g/mol. The van der Waals surface area contributed by atoms with E-state index >= 15 is 0 Å². The van der Waals surface area contributed by atoms with Gasteiger partial charge in [-0.05, 0) is 18.4 Å². The number of hydrogen-bond donors (Lipinski definition) is 0. The Labute approximate surface area is 151 Å². The lowest BCUT2D eigenvalue weighted by molar-refractivity contribution is 0.0815. The molecule has 0 fully saturated rings. The van der Waals surface area contributed by atoms with E-state index in [0.29, 0.717) is 0 Å². The van der Waals surface area contributed by atoms with E-state index in [9.17, 15) is 4.79 Å². The van der Waals surface area contributed by atoms with Crippen LogP contribution in [0.15, 0.2) is 60.7 Å². The van der Waals surface area contributed by atoms with Crippen LogP contribution in [0.1, 0.15) is 56.5 Å². The fourth-order valence-corrected chi connectivity index (χ4v) is 3.05. The molecule has 0 radical (unpaired) electrons. The number of Topliss-reactive ketones (excluding diaryl/α,β-unsaturated/α-hetero) is 1. The summed E-state index contributed by atoms with van der Waals surface area (Å²) < 4.78 is 0. The summed E-state index contributed by atoms with van der Waals surface area (Å²) in [5, 5.41) is 0. The van der Waals surface area contributed by atoms with E-state index < -0.39 is 5.41 Å². The van der Waals surface area contributed by atoms with E-state index in [0.717, 1.165) is 28.8 Å². The van der Waals surface area contributed by atoms with Crippen molar-refractivity contribution in [2.24, 2.45) is 10.8 Å². The first kappa shape index (κ1) is 18.5. The molecule has 0 aliphatic heterocycles. The molecule has 0 amide bonds. The molecule has 1 nitrogen and oxygen atoms in total. The smallest absolute Gasteiger partial charge is 0.168 e. The second kappa shape index (κ2) is 7.40. The first-order chi connectivity index (χ1) is 11.2. The van der Waals surface area contributed by atoms with Crippen LogP contribution in [0.4, 0.5) is 0 Å². The molecular formula is C22H26OS. The van der Waals surface area contributed by atoms with E-state index in [1.807, 2.05) is 62.4 Å². The summed E-state index contributed by atoms with van der Waals surface area (Å²) >= 11 is 5.72. The van der Waals surface area contributed by atoms with Crippen molar-refractivity contribution in [3.63, 3.8) is 0 Å². The highest BCUT2D eigenvalue weighted by Crippen LogP contribution is 2.35. The summed E-state index contributed by atoms with van der Waals surface area (Å²) in [7, 11) is 0. The van der Waals surface area contributed by atoms with E-state index in [-0.39, 0.29) is 11.2 Å². The van der Waals surface area contributed by atoms with Crippen molar-refractivity contribution in [3.05, 3.63) is 71.8 Å². The van der Waals surface area contributed by atoms with Crippen LogP contribution in [-0.4, -0.2) is 10.6 Å². The molecule has 0 saturated heterocycles. The molecule has 0 aliphatic carbocycles. The maximum atomic E-state index is 12.8. The topological polar surface area (TPSA) is 17.1 Å². The van der Waals surface area contributed by atoms with Crippen LogP contribution in [0, 0.1) is 10.8 Å². The highest BCUT2D eigenvalue weighted by atomic mass is 32.1. The van der Waals surface area contributed by atoms with Gasteiger partial charge in [0, 0.05) is 21.3 Å². The van der Waals surface area contributed by atoms with Gasteiger partial charge in [0.2, 0.25) is 0 Å². The molecule has 2 rings (SSSR count). The number of benzene rings is 2. The van der Waals surface area contributed by atoms with Gasteiger partial charge in [-0.3, -0.25) is 4.79 Å². The van der Waals surface area contributed by atoms with Crippen molar-refractivity contribution in [1.82, 2.24) is 0 Å². The lowest BCUT2D eigenvalue weighted by atomic mass is 9.73. The predicted molar refractivity (Wildman–Crippen MR) is 106 cm³/mol. The Bertz CT molecular complexity index is 636. The largest absolute Gasteiger partial charge is 0.294 e. The van der Waals surface area contributed by atoms with E-state index in [2.05, 4.69) is 26.0 Å². The van der Waals surface area contributed by atoms with Crippen molar-refractivity contribution in [3.8, 4) is 0 Å². The van der Waals surface area contributed by atoms with Gasteiger partial charge in [0.25, 0.3) is 0 Å². The monoisotopic (exact) mass is 338 g/mol. The highest BCUT2D eigenvalue weighted by molar-refractivity contribution is 7.81. The molecule has 0 atom stereocenters. The van der Waals surface area contributed by atoms with Crippen molar-refractivity contribution in [1.29, 1.82) is 0 Å². The molecule has 0 aliphatic rings. The lowest BCUT2D eigenvalue weighted by Crippen LogP contribution is -2.30. The minimum Gasteiger partial charge on any atom is -0.294 e. The summed E-state index contributed by atoms with van der Waals surface area (Å²) in [5.74, 6) is 0.199. The van der Waals surface area contributed by atoms with Gasteiger partial charge in [0.1, 0.15) is 0 Å². The summed E-state index contributed by atoms with van der Waals surface area (Å²) in [6.45, 7) is 8.41. The zero-order valence-electron chi connectivity index (χ0n) is 15.0. The van der Waals surface area contributed by atoms with Gasteiger partial charge in [0.15, 0.2) is 5.78 Å². The first-order valence-corrected chi connectivity index (χ1v) is 8.84. The fourth-order valence-electron chi connectivity index (χ4n) is 2.81. The normalized spacial score (nSPS) is 12.0. The lowest BCUT2D eigenvalue weighted by Gasteiger charge is -2.31. The molecular weight excluding hydrogens is 312 g/mol. The Morgan fingerprint density at radius 3 is 1.67 bits per heavy atom. The van der Waals surface area contributed by atoms with Gasteiger partial charge in [-0.2, -0.15) is 0 Å². The Morgan fingerprint density at radius 1 is 0.750 bits per heavy atom. The van der Waals surface area contributed by atoms with Crippen LogP contribution in [0.2, 0.25) is 0 Å². The molecule has 0 N–H and O–H groups in total. The summed E-state index contributed by atoms with van der Waals surface area (Å²) in [5.41, 5.74) is 1.37. The second-order valence-electron chi connectivity index (χ2n) is 7.66. The third kappa shape index (κ3) is 4.39. The number of rotatable bonds is 7. The van der Waals surface area contributed by atoms with Gasteiger partial charge in [-0.25, -0.2) is 0 Å². The molecule has 0 heterocycles. The van der Waals surface area contributed by atoms with Crippen molar-refractivity contribution in [2.75, 3.05) is 0 Å². The highest BCUT2D eigenvalue weighted by Gasteiger charge is 2.33. The molecule has 0 spiro atoms. The van der Waals surface area contributed by atoms with E-state index in [1.165, 1.54) is 0 Å². The predicted octanol–water partition coefficient (Wildman–Crippen LogP) is 6.12. The van der Waals surface area contributed by atoms with Crippen LogP contribution in [0.25, 0.3) is 0 Å². The van der Waals surface area contributed by atoms with Crippen LogP contribution >= 0.6 is 12.2 Å². The maximum absolute atomic E-state index is 12.8. The molecule has 2 heteroatoms. The number of thiocarbonyl (C=S) groups is 1. The quantitative estimate of drug-likeness (QED) is 0.447. The molecule has 0 aromatic heterocycles. The third-order valence-corrected chi connectivity index (χ3v) is 5.46. The third-order valence-electron chi connectivity index (χ3n) is 4.68. The number of ketones is 1. The molecule has 0 unspecified atom stereocenters. The zero-order valence-corrected chi connectivity index (χ0v) is 15.8. The van der Waals surface area contributed by atoms with Gasteiger partial charge in [-0.15, -0.1) is 0 Å². The zero-order chi connectivity index (χ0) is 17.8. The Kier molecular flexibility index (Phi) is 5.71. The molecule has 0 saturated carbocycles. The van der Waals surface area contributed by atoms with Gasteiger partial charge in [0.05, 0.1) is 0 Å². The van der Waals surface area contributed by atoms with Crippen molar-refractivity contribution < 1.29 is 4.79 Å². The van der Waals surface area contributed by atoms with Gasteiger partial charge >= 0.3 is 0 Å². The van der Waals surface area contributed by atoms with Gasteiger partial charge < -0.3 is 0 Å². The first-order valence-electron chi connectivity index (χ1n) is 8.44. The Morgan fingerprint density at radius 2 is 1.17 bits per heavy atom. The maximum Gasteiger partial charge on any atom is 0.168 e.